The molecule has 2 aromatic heterocycles. The molecule has 2 N–H and O–H groups in total. The number of pyridine rings is 1. The molecule has 3 aromatic rings. The normalized spacial score (nSPS) is 27.4. The number of benzene rings is 1. The Bertz CT molecular complexity index is 2040. The number of aryl methyl sites for hydroxylation is 1. The van der Waals surface area contributed by atoms with Crippen LogP contribution in [-0.4, -0.2) is 78.6 Å². The molecule has 3 saturated carbocycles. The van der Waals surface area contributed by atoms with Gasteiger partial charge in [-0.1, -0.05) is 26.0 Å². The number of amides is 3. The van der Waals surface area contributed by atoms with E-state index in [4.69, 9.17) is 19.4 Å². The number of carbonyl (C=O) groups excluding carboxylic acids is 3. The predicted octanol–water partition coefficient (Wildman–Crippen LogP) is 5.25. The van der Waals surface area contributed by atoms with Crippen molar-refractivity contribution in [3.63, 3.8) is 0 Å². The van der Waals surface area contributed by atoms with Gasteiger partial charge in [0.15, 0.2) is 0 Å². The first-order valence-corrected chi connectivity index (χ1v) is 20.6. The molecule has 4 aliphatic rings. The fourth-order valence-corrected chi connectivity index (χ4v) is 9.85. The Balaban J connectivity index is 1.21. The first kappa shape index (κ1) is 36.3. The molecule has 52 heavy (non-hydrogen) atoms. The minimum absolute atomic E-state index is 0.147. The fourth-order valence-electron chi connectivity index (χ4n) is 7.55. The number of aromatic nitrogens is 2. The molecule has 278 valence electrons. The van der Waals surface area contributed by atoms with Gasteiger partial charge in [0.2, 0.25) is 21.8 Å². The number of fused-ring (bicyclic) bond motifs is 3. The van der Waals surface area contributed by atoms with Gasteiger partial charge in [-0.3, -0.25) is 19.1 Å². The number of carbonyl (C=O) groups is 3. The van der Waals surface area contributed by atoms with E-state index < -0.39 is 50.6 Å². The van der Waals surface area contributed by atoms with Gasteiger partial charge >= 0.3 is 0 Å². The summed E-state index contributed by atoms with van der Waals surface area (Å²) in [5, 5.41) is 5.95. The summed E-state index contributed by atoms with van der Waals surface area (Å²) in [5.41, 5.74) is 1.79. The lowest BCUT2D eigenvalue weighted by Crippen LogP contribution is -2.54. The van der Waals surface area contributed by atoms with Crippen molar-refractivity contribution in [1.29, 1.82) is 0 Å². The number of allylic oxidation sites excluding steroid dienone is 1. The van der Waals surface area contributed by atoms with Gasteiger partial charge in [0.05, 0.1) is 35.4 Å². The summed E-state index contributed by atoms with van der Waals surface area (Å²) >= 11 is 1.51. The Morgan fingerprint density at radius 1 is 1.12 bits per heavy atom. The first-order valence-electron chi connectivity index (χ1n) is 18.2. The second-order valence-electron chi connectivity index (χ2n) is 15.1. The van der Waals surface area contributed by atoms with Gasteiger partial charge in [0.1, 0.15) is 33.8 Å². The van der Waals surface area contributed by atoms with Crippen molar-refractivity contribution < 1.29 is 32.3 Å². The van der Waals surface area contributed by atoms with Crippen molar-refractivity contribution in [2.45, 2.75) is 94.9 Å². The maximum absolute atomic E-state index is 14.3. The third-order valence-corrected chi connectivity index (χ3v) is 13.7. The highest BCUT2D eigenvalue weighted by Crippen LogP contribution is 2.47. The zero-order valence-corrected chi connectivity index (χ0v) is 31.9. The number of hydrogen-bond donors (Lipinski definition) is 2. The highest BCUT2D eigenvalue weighted by molar-refractivity contribution is 7.91. The summed E-state index contributed by atoms with van der Waals surface area (Å²) in [4.78, 5) is 53.5. The molecule has 5 atom stereocenters. The van der Waals surface area contributed by atoms with Crippen LogP contribution in [0.5, 0.6) is 11.5 Å². The first-order chi connectivity index (χ1) is 24.8. The number of rotatable bonds is 8. The van der Waals surface area contributed by atoms with E-state index >= 15 is 0 Å². The van der Waals surface area contributed by atoms with Gasteiger partial charge in [-0.25, -0.2) is 18.4 Å². The van der Waals surface area contributed by atoms with Crippen LogP contribution in [0.25, 0.3) is 21.6 Å². The fraction of sp³-hybridized carbons (Fsp3) is 0.553. The van der Waals surface area contributed by atoms with Gasteiger partial charge < -0.3 is 19.7 Å². The number of ether oxygens (including phenoxy) is 2. The summed E-state index contributed by atoms with van der Waals surface area (Å²) < 4.78 is 40.2. The Labute approximate surface area is 308 Å². The largest absolute Gasteiger partial charge is 0.496 e. The van der Waals surface area contributed by atoms with Gasteiger partial charge in [0, 0.05) is 41.9 Å². The molecule has 1 aliphatic heterocycles. The molecule has 3 aliphatic carbocycles. The van der Waals surface area contributed by atoms with E-state index in [1.807, 2.05) is 42.7 Å². The molecule has 14 heteroatoms. The summed E-state index contributed by atoms with van der Waals surface area (Å²) in [7, 11) is -0.445. The number of hydrogen-bond acceptors (Lipinski definition) is 10. The molecule has 0 saturated heterocycles. The van der Waals surface area contributed by atoms with Crippen LogP contribution >= 0.6 is 11.3 Å². The van der Waals surface area contributed by atoms with Gasteiger partial charge in [0.25, 0.3) is 5.91 Å². The quantitative estimate of drug-likeness (QED) is 0.294. The average molecular weight is 750 g/mol. The summed E-state index contributed by atoms with van der Waals surface area (Å²) in [5.74, 6) is -1.63. The van der Waals surface area contributed by atoms with Crippen molar-refractivity contribution in [2.24, 2.45) is 17.8 Å². The Hall–Kier alpha value is -4.04. The van der Waals surface area contributed by atoms with E-state index in [1.54, 1.807) is 19.1 Å². The standard InChI is InChI=1S/C38H47N5O7S2/c1-21(2)30-20-51-35(40-30)29-18-32(26-13-14-31(49-5)22(3)33(26)39-29)50-24-16-27-28(17-24)36(45)43(4)15-9-7-6-8-10-23-19-38(23,41-34(27)44)37(46)42-52(47,48)25-11-12-25/h8,10,13-14,18,20-21,23-25,27-28H,6-7,9,11-12,15-17,19H2,1-5H3,(H,41,44)(H,42,46)/b10-8-/t23-,24+,27+,28+,38-/m1/s1. The van der Waals surface area contributed by atoms with Crippen molar-refractivity contribution >= 4 is 50.0 Å². The third kappa shape index (κ3) is 7.03. The average Bonchev–Trinajstić information content (AvgIpc) is 3.98. The third-order valence-electron chi connectivity index (χ3n) is 11.0. The van der Waals surface area contributed by atoms with E-state index in [1.165, 1.54) is 11.3 Å². The number of thiazole rings is 1. The SMILES string of the molecule is COc1ccc2c(O[C@H]3C[C@@H]4C(=O)N[C@]5(C(=O)NS(=O)(=O)C6CC6)C[C@H]5/C=C\CCCCN(C)C(=O)[C@H]4C3)cc(-c3nc(C(C)C)cs3)nc2c1C. The number of methoxy groups -OCH3 is 1. The number of nitrogens with zero attached hydrogens (tertiary/aromatic N) is 3. The van der Waals surface area contributed by atoms with Crippen molar-refractivity contribution in [2.75, 3.05) is 20.7 Å². The molecular formula is C38H47N5O7S2. The van der Waals surface area contributed by atoms with Gasteiger partial charge in [-0.2, -0.15) is 0 Å². The molecule has 3 amide bonds. The molecule has 1 aromatic carbocycles. The molecule has 3 heterocycles. The van der Waals surface area contributed by atoms with Crippen LogP contribution in [0.4, 0.5) is 0 Å². The molecular weight excluding hydrogens is 703 g/mol. The molecule has 0 bridgehead atoms. The monoisotopic (exact) mass is 749 g/mol. The second kappa shape index (κ2) is 14.1. The lowest BCUT2D eigenvalue weighted by atomic mass is 9.93. The van der Waals surface area contributed by atoms with E-state index in [9.17, 15) is 22.8 Å². The predicted molar refractivity (Wildman–Crippen MR) is 199 cm³/mol. The van der Waals surface area contributed by atoms with Crippen molar-refractivity contribution in [1.82, 2.24) is 24.9 Å². The summed E-state index contributed by atoms with van der Waals surface area (Å²) in [6.07, 6.45) is 7.61. The minimum atomic E-state index is -3.83. The van der Waals surface area contributed by atoms with Crippen LogP contribution in [0.15, 0.2) is 35.7 Å². The molecule has 3 fully saturated rings. The smallest absolute Gasteiger partial charge is 0.259 e. The van der Waals surface area contributed by atoms with E-state index in [-0.39, 0.29) is 30.6 Å². The maximum Gasteiger partial charge on any atom is 0.259 e. The highest BCUT2D eigenvalue weighted by atomic mass is 32.2. The van der Waals surface area contributed by atoms with Crippen LogP contribution in [0.2, 0.25) is 0 Å². The zero-order valence-electron chi connectivity index (χ0n) is 30.3. The second-order valence-corrected chi connectivity index (χ2v) is 17.9. The van der Waals surface area contributed by atoms with E-state index in [2.05, 4.69) is 23.9 Å². The lowest BCUT2D eigenvalue weighted by Gasteiger charge is -2.26. The molecule has 0 radical (unpaired) electrons. The van der Waals surface area contributed by atoms with Gasteiger partial charge in [-0.05, 0) is 76.3 Å². The van der Waals surface area contributed by atoms with Crippen molar-refractivity contribution in [3.05, 3.63) is 47.0 Å². The maximum atomic E-state index is 14.3. The summed E-state index contributed by atoms with van der Waals surface area (Å²) in [6, 6.07) is 5.66. The zero-order chi connectivity index (χ0) is 36.9. The Morgan fingerprint density at radius 2 is 1.88 bits per heavy atom. The number of sulfonamides is 1. The van der Waals surface area contributed by atoms with Crippen LogP contribution < -0.4 is 19.5 Å². The van der Waals surface area contributed by atoms with Crippen molar-refractivity contribution in [3.8, 4) is 22.2 Å². The number of nitrogens with one attached hydrogen (secondary N) is 2. The molecule has 0 spiro atoms. The topological polar surface area (TPSA) is 157 Å². The summed E-state index contributed by atoms with van der Waals surface area (Å²) in [6.45, 7) is 6.69. The van der Waals surface area contributed by atoms with Gasteiger partial charge in [-0.15, -0.1) is 11.3 Å². The highest BCUT2D eigenvalue weighted by Gasteiger charge is 2.62. The van der Waals surface area contributed by atoms with Crippen LogP contribution in [0.3, 0.4) is 0 Å². The lowest BCUT2D eigenvalue weighted by molar-refractivity contribution is -0.140. The van der Waals surface area contributed by atoms with Crippen LogP contribution in [0.1, 0.15) is 82.4 Å². The molecule has 12 nitrogen and oxygen atoms in total. The Morgan fingerprint density at radius 3 is 2.60 bits per heavy atom. The molecule has 7 rings (SSSR count). The molecule has 0 unspecified atom stereocenters. The van der Waals surface area contributed by atoms with E-state index in [0.29, 0.717) is 48.5 Å². The van der Waals surface area contributed by atoms with Crippen LogP contribution in [0, 0.1) is 24.7 Å². The van der Waals surface area contributed by atoms with E-state index in [0.717, 1.165) is 40.9 Å². The Kier molecular flexibility index (Phi) is 9.83. The minimum Gasteiger partial charge on any atom is -0.496 e. The van der Waals surface area contributed by atoms with Crippen LogP contribution in [-0.2, 0) is 24.4 Å².